The van der Waals surface area contributed by atoms with Crippen LogP contribution >= 0.6 is 0 Å². The van der Waals surface area contributed by atoms with E-state index in [4.69, 9.17) is 9.84 Å². The van der Waals surface area contributed by atoms with Crippen LogP contribution in [0.25, 0.3) is 0 Å². The van der Waals surface area contributed by atoms with Gasteiger partial charge in [-0.1, -0.05) is 30.3 Å². The second-order valence-electron chi connectivity index (χ2n) is 5.78. The van der Waals surface area contributed by atoms with Crippen molar-refractivity contribution in [1.82, 2.24) is 10.2 Å². The summed E-state index contributed by atoms with van der Waals surface area (Å²) in [5.41, 5.74) is 1.13. The van der Waals surface area contributed by atoms with Crippen LogP contribution in [0.3, 0.4) is 0 Å². The third kappa shape index (κ3) is 4.45. The molecule has 1 aliphatic rings. The number of likely N-dealkylation sites (tertiary alicyclic amines) is 1. The zero-order chi connectivity index (χ0) is 16.8. The largest absolute Gasteiger partial charge is 0.466 e. The highest BCUT2D eigenvalue weighted by atomic mass is 16.5. The molecule has 23 heavy (non-hydrogen) atoms. The summed E-state index contributed by atoms with van der Waals surface area (Å²) in [4.78, 5) is 24.7. The van der Waals surface area contributed by atoms with E-state index in [1.807, 2.05) is 37.3 Å². The highest BCUT2D eigenvalue weighted by Crippen LogP contribution is 2.23. The van der Waals surface area contributed by atoms with Gasteiger partial charge in [0.05, 0.1) is 12.5 Å². The molecule has 1 unspecified atom stereocenters. The molecule has 6 nitrogen and oxygen atoms in total. The molecule has 1 aromatic carbocycles. The van der Waals surface area contributed by atoms with E-state index in [0.717, 1.165) is 5.56 Å². The van der Waals surface area contributed by atoms with Crippen molar-refractivity contribution in [2.75, 3.05) is 19.7 Å². The van der Waals surface area contributed by atoms with Crippen LogP contribution in [0, 0.1) is 5.92 Å². The molecule has 0 spiro atoms. The Labute approximate surface area is 136 Å². The molecule has 0 aromatic heterocycles. The maximum Gasteiger partial charge on any atom is 0.407 e. The first-order chi connectivity index (χ1) is 11.0. The fourth-order valence-corrected chi connectivity index (χ4v) is 2.97. The lowest BCUT2D eigenvalue weighted by atomic mass is 9.91. The number of nitrogens with one attached hydrogen (secondary N) is 1. The van der Waals surface area contributed by atoms with Gasteiger partial charge in [0.2, 0.25) is 0 Å². The van der Waals surface area contributed by atoms with Gasteiger partial charge in [-0.25, -0.2) is 4.79 Å². The molecule has 2 N–H and O–H groups in total. The van der Waals surface area contributed by atoms with Crippen LogP contribution in [0.5, 0.6) is 0 Å². The van der Waals surface area contributed by atoms with Crippen LogP contribution in [0.1, 0.15) is 31.9 Å². The number of piperidine rings is 1. The molecule has 2 rings (SSSR count). The molecule has 1 heterocycles. The van der Waals surface area contributed by atoms with Gasteiger partial charge in [0.1, 0.15) is 0 Å². The van der Waals surface area contributed by atoms with Gasteiger partial charge in [0.15, 0.2) is 0 Å². The van der Waals surface area contributed by atoms with Crippen LogP contribution in [-0.2, 0) is 9.53 Å². The number of hydrogen-bond donors (Lipinski definition) is 2. The summed E-state index contributed by atoms with van der Waals surface area (Å²) in [7, 11) is 0. The molecule has 126 valence electrons. The molecule has 1 aromatic rings. The molecule has 1 amide bonds. The van der Waals surface area contributed by atoms with Crippen molar-refractivity contribution in [3.8, 4) is 0 Å². The molecule has 0 saturated carbocycles. The van der Waals surface area contributed by atoms with E-state index in [2.05, 4.69) is 5.32 Å². The Morgan fingerprint density at radius 1 is 1.39 bits per heavy atom. The zero-order valence-electron chi connectivity index (χ0n) is 13.6. The summed E-state index contributed by atoms with van der Waals surface area (Å²) in [5, 5.41) is 12.6. The summed E-state index contributed by atoms with van der Waals surface area (Å²) in [6.45, 7) is 4.69. The fourth-order valence-electron chi connectivity index (χ4n) is 2.97. The quantitative estimate of drug-likeness (QED) is 0.814. The normalized spacial score (nSPS) is 22.4. The molecule has 1 fully saturated rings. The van der Waals surface area contributed by atoms with Crippen molar-refractivity contribution >= 4 is 12.1 Å². The molecule has 1 aliphatic heterocycles. The van der Waals surface area contributed by atoms with Gasteiger partial charge in [0, 0.05) is 25.2 Å². The van der Waals surface area contributed by atoms with Crippen molar-refractivity contribution in [2.45, 2.75) is 32.4 Å². The molecule has 0 radical (unpaired) electrons. The summed E-state index contributed by atoms with van der Waals surface area (Å²) in [5.74, 6) is -0.817. The van der Waals surface area contributed by atoms with Crippen LogP contribution in [0.2, 0.25) is 0 Å². The SMILES string of the molecule is CCOC(=O)[C@@H]1CN(C(=O)O)CC[C@@H]1NC(C)c1ccccc1. The first kappa shape index (κ1) is 17.3. The highest BCUT2D eigenvalue weighted by molar-refractivity contribution is 5.75. The van der Waals surface area contributed by atoms with E-state index in [0.29, 0.717) is 19.6 Å². The van der Waals surface area contributed by atoms with Crippen molar-refractivity contribution in [1.29, 1.82) is 0 Å². The topological polar surface area (TPSA) is 78.9 Å². The molecular weight excluding hydrogens is 296 g/mol. The second kappa shape index (κ2) is 7.97. The molecule has 3 atom stereocenters. The van der Waals surface area contributed by atoms with E-state index < -0.39 is 12.0 Å². The smallest absolute Gasteiger partial charge is 0.407 e. The van der Waals surface area contributed by atoms with Crippen molar-refractivity contribution < 1.29 is 19.4 Å². The number of ether oxygens (including phenoxy) is 1. The number of esters is 1. The van der Waals surface area contributed by atoms with Gasteiger partial charge >= 0.3 is 12.1 Å². The predicted molar refractivity (Wildman–Crippen MR) is 86.1 cm³/mol. The Bertz CT molecular complexity index is 535. The molecule has 6 heteroatoms. The number of carbonyl (C=O) groups is 2. The first-order valence-electron chi connectivity index (χ1n) is 7.98. The van der Waals surface area contributed by atoms with Gasteiger partial charge in [0.25, 0.3) is 0 Å². The summed E-state index contributed by atoms with van der Waals surface area (Å²) < 4.78 is 5.13. The minimum absolute atomic E-state index is 0.0782. The number of hydrogen-bond acceptors (Lipinski definition) is 4. The standard InChI is InChI=1S/C17H24N2O4/c1-3-23-16(20)14-11-19(17(21)22)10-9-15(14)18-12(2)13-7-5-4-6-8-13/h4-8,12,14-15,18H,3,9-11H2,1-2H3,(H,21,22)/t12?,14-,15+/m1/s1. The van der Waals surface area contributed by atoms with Gasteiger partial charge in [-0.3, -0.25) is 4.79 Å². The third-order valence-corrected chi connectivity index (χ3v) is 4.24. The number of carbonyl (C=O) groups excluding carboxylic acids is 1. The first-order valence-corrected chi connectivity index (χ1v) is 7.98. The van der Waals surface area contributed by atoms with Crippen molar-refractivity contribution in [3.63, 3.8) is 0 Å². The maximum absolute atomic E-state index is 12.2. The van der Waals surface area contributed by atoms with Crippen LogP contribution in [-0.4, -0.2) is 47.8 Å². The second-order valence-corrected chi connectivity index (χ2v) is 5.78. The lowest BCUT2D eigenvalue weighted by Crippen LogP contribution is -2.54. The van der Waals surface area contributed by atoms with Crippen molar-refractivity contribution in [2.24, 2.45) is 5.92 Å². The van der Waals surface area contributed by atoms with Gasteiger partial charge in [-0.2, -0.15) is 0 Å². The van der Waals surface area contributed by atoms with E-state index in [-0.39, 0.29) is 24.6 Å². The van der Waals surface area contributed by atoms with E-state index in [1.165, 1.54) is 4.90 Å². The number of carboxylic acid groups (broad SMARTS) is 1. The Morgan fingerprint density at radius 3 is 2.70 bits per heavy atom. The Kier molecular flexibility index (Phi) is 5.98. The van der Waals surface area contributed by atoms with Gasteiger partial charge in [-0.05, 0) is 25.8 Å². The minimum Gasteiger partial charge on any atom is -0.466 e. The lowest BCUT2D eigenvalue weighted by Gasteiger charge is -2.37. The molecular formula is C17H24N2O4. The number of rotatable bonds is 5. The Morgan fingerprint density at radius 2 is 2.09 bits per heavy atom. The van der Waals surface area contributed by atoms with E-state index in [1.54, 1.807) is 6.92 Å². The molecule has 0 aliphatic carbocycles. The van der Waals surface area contributed by atoms with Gasteiger partial charge in [-0.15, -0.1) is 0 Å². The number of nitrogens with zero attached hydrogens (tertiary/aromatic N) is 1. The Hall–Kier alpha value is -2.08. The minimum atomic E-state index is -0.992. The number of benzene rings is 1. The van der Waals surface area contributed by atoms with E-state index >= 15 is 0 Å². The lowest BCUT2D eigenvalue weighted by molar-refractivity contribution is -0.150. The average Bonchev–Trinajstić information content (AvgIpc) is 2.56. The summed E-state index contributed by atoms with van der Waals surface area (Å²) in [6, 6.07) is 9.96. The van der Waals surface area contributed by atoms with Crippen LogP contribution in [0.15, 0.2) is 30.3 Å². The average molecular weight is 320 g/mol. The monoisotopic (exact) mass is 320 g/mol. The molecule has 1 saturated heterocycles. The third-order valence-electron chi connectivity index (χ3n) is 4.24. The summed E-state index contributed by atoms with van der Waals surface area (Å²) in [6.07, 6.45) is -0.402. The highest BCUT2D eigenvalue weighted by Gasteiger charge is 2.37. The zero-order valence-corrected chi connectivity index (χ0v) is 13.6. The van der Waals surface area contributed by atoms with Gasteiger partial charge < -0.3 is 20.1 Å². The predicted octanol–water partition coefficient (Wildman–Crippen LogP) is 2.27. The van der Waals surface area contributed by atoms with Crippen LogP contribution < -0.4 is 5.32 Å². The molecule has 0 bridgehead atoms. The van der Waals surface area contributed by atoms with Crippen molar-refractivity contribution in [3.05, 3.63) is 35.9 Å². The van der Waals surface area contributed by atoms with Crippen LogP contribution in [0.4, 0.5) is 4.79 Å². The number of amides is 1. The summed E-state index contributed by atoms with van der Waals surface area (Å²) >= 11 is 0. The Balaban J connectivity index is 2.08. The van der Waals surface area contributed by atoms with E-state index in [9.17, 15) is 9.59 Å². The fraction of sp³-hybridized carbons (Fsp3) is 0.529. The maximum atomic E-state index is 12.2.